The minimum Gasteiger partial charge on any atom is -0.480 e. The zero-order valence-electron chi connectivity index (χ0n) is 20.5. The maximum absolute atomic E-state index is 13.4. The number of carbonyl (C=O) groups excluding carboxylic acids is 3. The Morgan fingerprint density at radius 3 is 2.22 bits per heavy atom. The fraction of sp³-hybridized carbons (Fsp3) is 0.500. The van der Waals surface area contributed by atoms with Gasteiger partial charge in [0.2, 0.25) is 17.7 Å². The molecule has 12 heteroatoms. The van der Waals surface area contributed by atoms with E-state index < -0.39 is 66.5 Å². The molecule has 6 unspecified atom stereocenters. The van der Waals surface area contributed by atoms with Gasteiger partial charge in [-0.2, -0.15) is 0 Å². The van der Waals surface area contributed by atoms with Gasteiger partial charge in [-0.15, -0.1) is 0 Å². The highest BCUT2D eigenvalue weighted by molar-refractivity contribution is 5.95. The Morgan fingerprint density at radius 2 is 1.64 bits per heavy atom. The molecule has 9 N–H and O–H groups in total. The molecule has 1 aromatic heterocycles. The number of amides is 3. The summed E-state index contributed by atoms with van der Waals surface area (Å²) in [4.78, 5) is 53.2. The number of aliphatic hydroxyl groups is 2. The number of aromatic amines is 1. The first kappa shape index (κ1) is 28.8. The number of nitrogens with one attached hydrogen (secondary N) is 4. The molecule has 3 amide bonds. The molecule has 0 saturated heterocycles. The largest absolute Gasteiger partial charge is 0.480 e. The first-order chi connectivity index (χ1) is 17.0. The summed E-state index contributed by atoms with van der Waals surface area (Å²) in [5.41, 5.74) is 7.31. The lowest BCUT2D eigenvalue weighted by molar-refractivity contribution is -0.143. The number of fused-ring (bicyclic) bond motifs is 1. The van der Waals surface area contributed by atoms with Crippen LogP contribution < -0.4 is 21.7 Å². The predicted molar refractivity (Wildman–Crippen MR) is 132 cm³/mol. The molecule has 0 spiro atoms. The molecule has 0 aliphatic rings. The van der Waals surface area contributed by atoms with Crippen LogP contribution >= 0.6 is 0 Å². The monoisotopic (exact) mass is 505 g/mol. The summed E-state index contributed by atoms with van der Waals surface area (Å²) >= 11 is 0. The van der Waals surface area contributed by atoms with Gasteiger partial charge in [-0.1, -0.05) is 38.5 Å². The number of hydrogen-bond donors (Lipinski definition) is 8. The van der Waals surface area contributed by atoms with Crippen LogP contribution in [-0.4, -0.2) is 80.9 Å². The first-order valence-corrected chi connectivity index (χ1v) is 11.7. The van der Waals surface area contributed by atoms with Crippen LogP contribution in [-0.2, 0) is 25.6 Å². The number of rotatable bonds is 13. The van der Waals surface area contributed by atoms with Gasteiger partial charge in [-0.25, -0.2) is 4.79 Å². The van der Waals surface area contributed by atoms with E-state index in [4.69, 9.17) is 10.8 Å². The predicted octanol–water partition coefficient (Wildman–Crippen LogP) is -1.00. The van der Waals surface area contributed by atoms with E-state index >= 15 is 0 Å². The Balaban J connectivity index is 2.32. The van der Waals surface area contributed by atoms with Crippen molar-refractivity contribution in [1.82, 2.24) is 20.9 Å². The van der Waals surface area contributed by atoms with Crippen LogP contribution in [0.4, 0.5) is 0 Å². The zero-order valence-corrected chi connectivity index (χ0v) is 20.5. The molecule has 6 atom stereocenters. The standard InChI is InChI=1S/C24H35N5O7/c1-4-12(2)20(23(34)28-18(11-30)24(35)36)29-21(32)17(27-22(33)19(25)13(3)31)9-14-10-26-16-8-6-5-7-15(14)16/h5-8,10,12-13,17-20,26,30-31H,4,9,11,25H2,1-3H3,(H,27,33)(H,28,34)(H,29,32)(H,35,36). The molecule has 0 radical (unpaired) electrons. The van der Waals surface area contributed by atoms with Crippen LogP contribution in [0.1, 0.15) is 32.8 Å². The lowest BCUT2D eigenvalue weighted by Gasteiger charge is -2.28. The number of benzene rings is 1. The molecule has 2 rings (SSSR count). The highest BCUT2D eigenvalue weighted by Gasteiger charge is 2.33. The van der Waals surface area contributed by atoms with Crippen molar-refractivity contribution in [1.29, 1.82) is 0 Å². The van der Waals surface area contributed by atoms with E-state index in [-0.39, 0.29) is 6.42 Å². The van der Waals surface area contributed by atoms with Crippen molar-refractivity contribution in [2.24, 2.45) is 11.7 Å². The maximum Gasteiger partial charge on any atom is 0.328 e. The fourth-order valence-corrected chi connectivity index (χ4v) is 3.62. The molecule has 0 aliphatic heterocycles. The Kier molecular flexibility index (Phi) is 10.4. The van der Waals surface area contributed by atoms with E-state index in [1.807, 2.05) is 24.3 Å². The average molecular weight is 506 g/mol. The average Bonchev–Trinajstić information content (AvgIpc) is 3.26. The highest BCUT2D eigenvalue weighted by atomic mass is 16.4. The molecule has 36 heavy (non-hydrogen) atoms. The Bertz CT molecular complexity index is 1070. The van der Waals surface area contributed by atoms with Gasteiger partial charge >= 0.3 is 5.97 Å². The van der Waals surface area contributed by atoms with Gasteiger partial charge in [0.1, 0.15) is 24.2 Å². The van der Waals surface area contributed by atoms with Crippen LogP contribution in [0.15, 0.2) is 30.5 Å². The summed E-state index contributed by atoms with van der Waals surface area (Å²) < 4.78 is 0. The second-order valence-corrected chi connectivity index (χ2v) is 8.84. The number of carboxylic acid groups (broad SMARTS) is 1. The van der Waals surface area contributed by atoms with Crippen molar-refractivity contribution in [3.63, 3.8) is 0 Å². The quantitative estimate of drug-likeness (QED) is 0.169. The molecule has 1 aromatic carbocycles. The number of hydrogen-bond acceptors (Lipinski definition) is 7. The molecule has 0 saturated carbocycles. The van der Waals surface area contributed by atoms with Crippen LogP contribution in [0, 0.1) is 5.92 Å². The summed E-state index contributed by atoms with van der Waals surface area (Å²) in [5, 5.41) is 36.3. The number of H-pyrrole nitrogens is 1. The number of carbonyl (C=O) groups is 4. The van der Waals surface area contributed by atoms with E-state index in [0.717, 1.165) is 16.5 Å². The summed E-state index contributed by atoms with van der Waals surface area (Å²) in [6.07, 6.45) is 1.08. The number of carboxylic acids is 1. The van der Waals surface area contributed by atoms with Crippen LogP contribution in [0.2, 0.25) is 0 Å². The van der Waals surface area contributed by atoms with E-state index in [1.165, 1.54) is 6.92 Å². The SMILES string of the molecule is CCC(C)C(NC(=O)C(Cc1c[nH]c2ccccc12)NC(=O)C(N)C(C)O)C(=O)NC(CO)C(=O)O. The van der Waals surface area contributed by atoms with Crippen LogP contribution in [0.25, 0.3) is 10.9 Å². The molecule has 198 valence electrons. The number of para-hydroxylation sites is 1. The van der Waals surface area contributed by atoms with Crippen molar-refractivity contribution < 1.29 is 34.5 Å². The first-order valence-electron chi connectivity index (χ1n) is 11.7. The lowest BCUT2D eigenvalue weighted by atomic mass is 9.96. The van der Waals surface area contributed by atoms with Crippen molar-refractivity contribution in [2.75, 3.05) is 6.61 Å². The third-order valence-electron chi connectivity index (χ3n) is 6.14. The van der Waals surface area contributed by atoms with Gasteiger partial charge in [-0.05, 0) is 24.5 Å². The number of aliphatic hydroxyl groups excluding tert-OH is 2. The molecule has 1 heterocycles. The smallest absolute Gasteiger partial charge is 0.328 e. The van der Waals surface area contributed by atoms with Crippen molar-refractivity contribution in [3.8, 4) is 0 Å². The fourth-order valence-electron chi connectivity index (χ4n) is 3.62. The topological polar surface area (TPSA) is 207 Å². The molecule has 12 nitrogen and oxygen atoms in total. The van der Waals surface area contributed by atoms with Gasteiger partial charge in [0.05, 0.1) is 12.7 Å². The van der Waals surface area contributed by atoms with Gasteiger partial charge in [0.15, 0.2) is 0 Å². The minimum atomic E-state index is -1.54. The van der Waals surface area contributed by atoms with Gasteiger partial charge in [0.25, 0.3) is 0 Å². The van der Waals surface area contributed by atoms with Crippen molar-refractivity contribution >= 4 is 34.6 Å². The van der Waals surface area contributed by atoms with Crippen LogP contribution in [0.5, 0.6) is 0 Å². The van der Waals surface area contributed by atoms with E-state index in [0.29, 0.717) is 6.42 Å². The summed E-state index contributed by atoms with van der Waals surface area (Å²) in [5.74, 6) is -4.04. The van der Waals surface area contributed by atoms with Gasteiger partial charge in [-0.3, -0.25) is 14.4 Å². The van der Waals surface area contributed by atoms with Crippen molar-refractivity contribution in [2.45, 2.75) is 63.9 Å². The molecule has 0 aliphatic carbocycles. The Morgan fingerprint density at radius 1 is 1.00 bits per heavy atom. The third kappa shape index (κ3) is 7.26. The maximum atomic E-state index is 13.4. The molecular weight excluding hydrogens is 470 g/mol. The van der Waals surface area contributed by atoms with E-state index in [9.17, 15) is 29.4 Å². The Hall–Kier alpha value is -3.48. The summed E-state index contributed by atoms with van der Waals surface area (Å²) in [6.45, 7) is 4.03. The number of nitrogens with two attached hydrogens (primary N) is 1. The molecule has 2 aromatic rings. The lowest BCUT2D eigenvalue weighted by Crippen LogP contribution is -2.60. The summed E-state index contributed by atoms with van der Waals surface area (Å²) in [7, 11) is 0. The third-order valence-corrected chi connectivity index (χ3v) is 6.14. The second kappa shape index (κ2) is 13.0. The molecule has 0 bridgehead atoms. The van der Waals surface area contributed by atoms with Crippen LogP contribution in [0.3, 0.4) is 0 Å². The Labute approximate surface area is 208 Å². The number of aliphatic carboxylic acids is 1. The van der Waals surface area contributed by atoms with E-state index in [2.05, 4.69) is 20.9 Å². The van der Waals surface area contributed by atoms with Gasteiger partial charge < -0.3 is 42.0 Å². The highest BCUT2D eigenvalue weighted by Crippen LogP contribution is 2.19. The minimum absolute atomic E-state index is 0.0529. The van der Waals surface area contributed by atoms with E-state index in [1.54, 1.807) is 20.0 Å². The second-order valence-electron chi connectivity index (χ2n) is 8.84. The normalized spacial score (nSPS) is 16.3. The number of aromatic nitrogens is 1. The zero-order chi connectivity index (χ0) is 27.0. The molecular formula is C24H35N5O7. The van der Waals surface area contributed by atoms with Gasteiger partial charge in [0, 0.05) is 23.5 Å². The summed E-state index contributed by atoms with van der Waals surface area (Å²) in [6, 6.07) is 2.29. The van der Waals surface area contributed by atoms with Crippen molar-refractivity contribution in [3.05, 3.63) is 36.0 Å². The molecule has 0 fully saturated rings.